The molecule has 0 aliphatic carbocycles. The average molecular weight is 329 g/mol. The first-order valence-electron chi connectivity index (χ1n) is 8.99. The average Bonchev–Trinajstić information content (AvgIpc) is 3.08. The van der Waals surface area contributed by atoms with Crippen LogP contribution in [0.4, 0.5) is 0 Å². The summed E-state index contributed by atoms with van der Waals surface area (Å²) in [6.45, 7) is 6.02. The Balaban J connectivity index is 1.38. The first-order valence-corrected chi connectivity index (χ1v) is 8.99. The molecule has 5 heteroatoms. The number of benzene rings is 1. The fourth-order valence-corrected chi connectivity index (χ4v) is 3.79. The Hall–Kier alpha value is -1.88. The smallest absolute Gasteiger partial charge is 0.242 e. The van der Waals surface area contributed by atoms with Gasteiger partial charge in [0.2, 0.25) is 11.8 Å². The number of likely N-dealkylation sites (tertiary alicyclic amines) is 1. The number of rotatable bonds is 5. The largest absolute Gasteiger partial charge is 0.354 e. The van der Waals surface area contributed by atoms with E-state index in [1.807, 2.05) is 0 Å². The number of nitrogens with one attached hydrogen (secondary N) is 1. The van der Waals surface area contributed by atoms with Crippen LogP contribution in [0.15, 0.2) is 24.3 Å². The topological polar surface area (TPSA) is 52.7 Å². The molecule has 0 spiro atoms. The van der Waals surface area contributed by atoms with E-state index >= 15 is 0 Å². The summed E-state index contributed by atoms with van der Waals surface area (Å²) in [6, 6.07) is 8.38. The van der Waals surface area contributed by atoms with E-state index in [1.54, 1.807) is 11.8 Å². The number of hydrogen-bond acceptors (Lipinski definition) is 3. The van der Waals surface area contributed by atoms with E-state index in [9.17, 15) is 9.59 Å². The number of fused-ring (bicyclic) bond motifs is 1. The van der Waals surface area contributed by atoms with Gasteiger partial charge in [-0.3, -0.25) is 14.5 Å². The van der Waals surface area contributed by atoms with Gasteiger partial charge in [0.15, 0.2) is 0 Å². The van der Waals surface area contributed by atoms with Crippen LogP contribution in [0, 0.1) is 0 Å². The summed E-state index contributed by atoms with van der Waals surface area (Å²) >= 11 is 0. The Bertz CT molecular complexity index is 602. The van der Waals surface area contributed by atoms with Crippen molar-refractivity contribution in [3.8, 4) is 0 Å². The van der Waals surface area contributed by atoms with E-state index in [4.69, 9.17) is 0 Å². The zero-order chi connectivity index (χ0) is 16.9. The summed E-state index contributed by atoms with van der Waals surface area (Å²) in [6.07, 6.45) is 3.76. The molecule has 1 unspecified atom stereocenters. The van der Waals surface area contributed by atoms with Gasteiger partial charge in [-0.15, -0.1) is 0 Å². The summed E-state index contributed by atoms with van der Waals surface area (Å²) in [7, 11) is 0. The van der Waals surface area contributed by atoms with Gasteiger partial charge in [0.25, 0.3) is 0 Å². The SMILES string of the molecule is CC(=O)N1CCCC1C(=O)NCCCN1CCc2ccccc2C1. The van der Waals surface area contributed by atoms with Crippen LogP contribution >= 0.6 is 0 Å². The van der Waals surface area contributed by atoms with Gasteiger partial charge >= 0.3 is 0 Å². The molecule has 2 heterocycles. The van der Waals surface area contributed by atoms with Crippen LogP contribution in [-0.2, 0) is 22.6 Å². The van der Waals surface area contributed by atoms with Crippen molar-refractivity contribution in [3.05, 3.63) is 35.4 Å². The number of hydrogen-bond donors (Lipinski definition) is 1. The second kappa shape index (κ2) is 7.79. The lowest BCUT2D eigenvalue weighted by molar-refractivity contribution is -0.136. The van der Waals surface area contributed by atoms with Crippen molar-refractivity contribution in [2.24, 2.45) is 0 Å². The Morgan fingerprint density at radius 1 is 1.21 bits per heavy atom. The Morgan fingerprint density at radius 2 is 2.00 bits per heavy atom. The maximum absolute atomic E-state index is 12.3. The molecule has 0 radical (unpaired) electrons. The standard InChI is InChI=1S/C19H27N3O2/c1-15(23)22-12-4-8-18(22)19(24)20-10-5-11-21-13-9-16-6-2-3-7-17(16)14-21/h2-3,6-7,18H,4-5,8-14H2,1H3,(H,20,24). The van der Waals surface area contributed by atoms with Crippen molar-refractivity contribution in [2.75, 3.05) is 26.2 Å². The van der Waals surface area contributed by atoms with Gasteiger partial charge in [-0.25, -0.2) is 0 Å². The molecule has 3 rings (SSSR count). The predicted molar refractivity (Wildman–Crippen MR) is 93.5 cm³/mol. The first kappa shape index (κ1) is 17.0. The predicted octanol–water partition coefficient (Wildman–Crippen LogP) is 1.56. The molecule has 2 aliphatic rings. The van der Waals surface area contributed by atoms with Gasteiger partial charge in [-0.1, -0.05) is 24.3 Å². The van der Waals surface area contributed by atoms with Gasteiger partial charge in [0.05, 0.1) is 0 Å². The molecule has 1 fully saturated rings. The number of carbonyl (C=O) groups excluding carboxylic acids is 2. The summed E-state index contributed by atoms with van der Waals surface area (Å²) < 4.78 is 0. The molecule has 1 saturated heterocycles. The third-order valence-corrected chi connectivity index (χ3v) is 5.12. The second-order valence-electron chi connectivity index (χ2n) is 6.81. The van der Waals surface area contributed by atoms with Gasteiger partial charge in [-0.05, 0) is 36.8 Å². The normalized spacial score (nSPS) is 20.7. The minimum atomic E-state index is -0.260. The van der Waals surface area contributed by atoms with Gasteiger partial charge in [-0.2, -0.15) is 0 Å². The fourth-order valence-electron chi connectivity index (χ4n) is 3.79. The molecule has 1 N–H and O–H groups in total. The number of carbonyl (C=O) groups is 2. The molecule has 130 valence electrons. The molecular formula is C19H27N3O2. The van der Waals surface area contributed by atoms with Crippen molar-refractivity contribution in [3.63, 3.8) is 0 Å². The van der Waals surface area contributed by atoms with E-state index in [2.05, 4.69) is 34.5 Å². The van der Waals surface area contributed by atoms with Crippen LogP contribution in [0.1, 0.15) is 37.3 Å². The van der Waals surface area contributed by atoms with Gasteiger partial charge < -0.3 is 10.2 Å². The minimum absolute atomic E-state index is 0.000341. The molecule has 1 atom stereocenters. The van der Waals surface area contributed by atoms with Gasteiger partial charge in [0, 0.05) is 39.6 Å². The first-order chi connectivity index (χ1) is 11.6. The lowest BCUT2D eigenvalue weighted by atomic mass is 10.00. The highest BCUT2D eigenvalue weighted by molar-refractivity contribution is 5.87. The minimum Gasteiger partial charge on any atom is -0.354 e. The Morgan fingerprint density at radius 3 is 2.79 bits per heavy atom. The van der Waals surface area contributed by atoms with Crippen LogP contribution in [-0.4, -0.2) is 53.8 Å². The third-order valence-electron chi connectivity index (χ3n) is 5.12. The molecule has 0 saturated carbocycles. The van der Waals surface area contributed by atoms with Crippen molar-refractivity contribution in [1.29, 1.82) is 0 Å². The molecule has 1 aromatic carbocycles. The van der Waals surface area contributed by atoms with E-state index in [0.29, 0.717) is 13.1 Å². The van der Waals surface area contributed by atoms with E-state index in [0.717, 1.165) is 45.3 Å². The Kier molecular flexibility index (Phi) is 5.51. The van der Waals surface area contributed by atoms with Crippen LogP contribution in [0.3, 0.4) is 0 Å². The number of amides is 2. The highest BCUT2D eigenvalue weighted by Gasteiger charge is 2.31. The quantitative estimate of drug-likeness (QED) is 0.834. The van der Waals surface area contributed by atoms with E-state index < -0.39 is 0 Å². The third kappa shape index (κ3) is 3.96. The molecule has 1 aromatic rings. The van der Waals surface area contributed by atoms with Crippen LogP contribution in [0.25, 0.3) is 0 Å². The fraction of sp³-hybridized carbons (Fsp3) is 0.579. The zero-order valence-corrected chi connectivity index (χ0v) is 14.5. The molecule has 0 aromatic heterocycles. The van der Waals surface area contributed by atoms with E-state index in [1.165, 1.54) is 11.1 Å². The monoisotopic (exact) mass is 329 g/mol. The summed E-state index contributed by atoms with van der Waals surface area (Å²) in [4.78, 5) is 27.9. The summed E-state index contributed by atoms with van der Waals surface area (Å²) in [5.74, 6) is 0.00585. The van der Waals surface area contributed by atoms with Crippen molar-refractivity contribution in [2.45, 2.75) is 45.2 Å². The maximum atomic E-state index is 12.3. The van der Waals surface area contributed by atoms with E-state index in [-0.39, 0.29) is 17.9 Å². The van der Waals surface area contributed by atoms with Crippen LogP contribution in [0.5, 0.6) is 0 Å². The van der Waals surface area contributed by atoms with Crippen molar-refractivity contribution in [1.82, 2.24) is 15.1 Å². The summed E-state index contributed by atoms with van der Waals surface area (Å²) in [5, 5.41) is 3.01. The van der Waals surface area contributed by atoms with Crippen LogP contribution < -0.4 is 5.32 Å². The van der Waals surface area contributed by atoms with Crippen molar-refractivity contribution < 1.29 is 9.59 Å². The lowest BCUT2D eigenvalue weighted by Gasteiger charge is -2.28. The zero-order valence-electron chi connectivity index (χ0n) is 14.5. The highest BCUT2D eigenvalue weighted by atomic mass is 16.2. The second-order valence-corrected chi connectivity index (χ2v) is 6.81. The Labute approximate surface area is 144 Å². The molecule has 5 nitrogen and oxygen atoms in total. The van der Waals surface area contributed by atoms with Gasteiger partial charge in [0.1, 0.15) is 6.04 Å². The molecule has 24 heavy (non-hydrogen) atoms. The lowest BCUT2D eigenvalue weighted by Crippen LogP contribution is -2.45. The van der Waals surface area contributed by atoms with Crippen LogP contribution in [0.2, 0.25) is 0 Å². The number of nitrogens with zero attached hydrogens (tertiary/aromatic N) is 2. The molecule has 0 bridgehead atoms. The molecule has 2 amide bonds. The molecular weight excluding hydrogens is 302 g/mol. The summed E-state index contributed by atoms with van der Waals surface area (Å²) in [5.41, 5.74) is 2.89. The molecule has 2 aliphatic heterocycles. The highest BCUT2D eigenvalue weighted by Crippen LogP contribution is 2.19. The maximum Gasteiger partial charge on any atom is 0.242 e. The van der Waals surface area contributed by atoms with Crippen molar-refractivity contribution >= 4 is 11.8 Å².